The highest BCUT2D eigenvalue weighted by Crippen LogP contribution is 2.13. The molecule has 1 N–H and O–H groups in total. The number of likely N-dealkylation sites (N-methyl/N-ethyl adjacent to an activating group) is 1. The van der Waals surface area contributed by atoms with Crippen LogP contribution in [0, 0.1) is 0 Å². The van der Waals surface area contributed by atoms with Crippen LogP contribution in [0.15, 0.2) is 24.3 Å². The third kappa shape index (κ3) is 4.72. The van der Waals surface area contributed by atoms with Crippen molar-refractivity contribution in [3.8, 4) is 5.75 Å². The number of nitrogens with zero attached hydrogens (tertiary/aromatic N) is 2. The predicted molar refractivity (Wildman–Crippen MR) is 81.1 cm³/mol. The molecule has 0 saturated carbocycles. The lowest BCUT2D eigenvalue weighted by molar-refractivity contribution is -0.132. The molecule has 1 aliphatic heterocycles. The number of aliphatic hydroxyl groups excluding tert-OH is 1. The maximum Gasteiger partial charge on any atom is 0.236 e. The van der Waals surface area contributed by atoms with Crippen molar-refractivity contribution in [3.05, 3.63) is 29.8 Å². The van der Waals surface area contributed by atoms with E-state index in [1.165, 1.54) is 0 Å². The summed E-state index contributed by atoms with van der Waals surface area (Å²) in [6, 6.07) is 7.75. The normalized spacial score (nSPS) is 16.7. The summed E-state index contributed by atoms with van der Waals surface area (Å²) >= 11 is 0. The van der Waals surface area contributed by atoms with E-state index in [9.17, 15) is 9.90 Å². The van der Waals surface area contributed by atoms with Crippen LogP contribution in [-0.4, -0.2) is 60.7 Å². The lowest BCUT2D eigenvalue weighted by Gasteiger charge is -2.30. The summed E-state index contributed by atoms with van der Waals surface area (Å²) in [6.45, 7) is 2.62. The molecule has 0 radical (unpaired) electrons. The highest BCUT2D eigenvalue weighted by Gasteiger charge is 2.20. The summed E-state index contributed by atoms with van der Waals surface area (Å²) in [7, 11) is 3.46. The van der Waals surface area contributed by atoms with E-state index in [1.54, 1.807) is 12.0 Å². The van der Waals surface area contributed by atoms with Gasteiger partial charge in [-0.25, -0.2) is 0 Å². The molecular formula is C16H24N2O3. The first-order valence-corrected chi connectivity index (χ1v) is 7.36. The summed E-state index contributed by atoms with van der Waals surface area (Å²) in [6.07, 6.45) is 1.32. The molecule has 1 aromatic carbocycles. The molecule has 1 fully saturated rings. The van der Waals surface area contributed by atoms with Gasteiger partial charge in [0.2, 0.25) is 5.91 Å². The number of carbonyl (C=O) groups excluding carboxylic acids is 1. The van der Waals surface area contributed by atoms with E-state index in [-0.39, 0.29) is 12.0 Å². The SMILES string of the molecule is COc1ccc(CN(C)C(=O)CN2CCC(O)CC2)cc1. The Hall–Kier alpha value is -1.59. The fourth-order valence-electron chi connectivity index (χ4n) is 2.48. The molecule has 2 rings (SSSR count). The van der Waals surface area contributed by atoms with Crippen molar-refractivity contribution in [2.45, 2.75) is 25.5 Å². The molecule has 1 heterocycles. The van der Waals surface area contributed by atoms with Crippen LogP contribution in [0.3, 0.4) is 0 Å². The van der Waals surface area contributed by atoms with E-state index in [4.69, 9.17) is 4.74 Å². The fraction of sp³-hybridized carbons (Fsp3) is 0.562. The molecule has 1 amide bonds. The number of aliphatic hydroxyl groups is 1. The van der Waals surface area contributed by atoms with Gasteiger partial charge < -0.3 is 14.7 Å². The maximum absolute atomic E-state index is 12.2. The average molecular weight is 292 g/mol. The minimum Gasteiger partial charge on any atom is -0.497 e. The number of amides is 1. The maximum atomic E-state index is 12.2. The van der Waals surface area contributed by atoms with Crippen LogP contribution in [0.1, 0.15) is 18.4 Å². The van der Waals surface area contributed by atoms with Crippen LogP contribution in [0.5, 0.6) is 5.75 Å². The van der Waals surface area contributed by atoms with Gasteiger partial charge in [0.05, 0.1) is 19.8 Å². The molecular weight excluding hydrogens is 268 g/mol. The lowest BCUT2D eigenvalue weighted by Crippen LogP contribution is -2.43. The number of piperidine rings is 1. The minimum atomic E-state index is -0.201. The number of benzene rings is 1. The Morgan fingerprint density at radius 3 is 2.52 bits per heavy atom. The highest BCUT2D eigenvalue weighted by molar-refractivity contribution is 5.78. The molecule has 0 aromatic heterocycles. The first kappa shape index (κ1) is 15.8. The molecule has 1 aliphatic rings. The average Bonchev–Trinajstić information content (AvgIpc) is 2.50. The van der Waals surface area contributed by atoms with Gasteiger partial charge >= 0.3 is 0 Å². The number of carbonyl (C=O) groups is 1. The van der Waals surface area contributed by atoms with E-state index in [0.717, 1.165) is 37.2 Å². The third-order valence-corrected chi connectivity index (χ3v) is 3.92. The highest BCUT2D eigenvalue weighted by atomic mass is 16.5. The van der Waals surface area contributed by atoms with Crippen LogP contribution in [0.25, 0.3) is 0 Å². The van der Waals surface area contributed by atoms with E-state index >= 15 is 0 Å². The summed E-state index contributed by atoms with van der Waals surface area (Å²) in [5.74, 6) is 0.932. The molecule has 0 bridgehead atoms. The van der Waals surface area contributed by atoms with Gasteiger partial charge in [-0.2, -0.15) is 0 Å². The zero-order chi connectivity index (χ0) is 15.2. The smallest absolute Gasteiger partial charge is 0.236 e. The van der Waals surface area contributed by atoms with Gasteiger partial charge in [0, 0.05) is 26.7 Å². The molecule has 1 aromatic rings. The fourth-order valence-corrected chi connectivity index (χ4v) is 2.48. The first-order chi connectivity index (χ1) is 10.1. The second-order valence-corrected chi connectivity index (χ2v) is 5.61. The Labute approximate surface area is 126 Å². The standard InChI is InChI=1S/C16H24N2O3/c1-17(11-13-3-5-15(21-2)6-4-13)16(20)12-18-9-7-14(19)8-10-18/h3-6,14,19H,7-12H2,1-2H3. The Bertz CT molecular complexity index is 453. The van der Waals surface area contributed by atoms with Gasteiger partial charge in [-0.15, -0.1) is 0 Å². The lowest BCUT2D eigenvalue weighted by atomic mass is 10.1. The third-order valence-electron chi connectivity index (χ3n) is 3.92. The molecule has 5 nitrogen and oxygen atoms in total. The molecule has 21 heavy (non-hydrogen) atoms. The number of likely N-dealkylation sites (tertiary alicyclic amines) is 1. The predicted octanol–water partition coefficient (Wildman–Crippen LogP) is 1.11. The molecule has 5 heteroatoms. The molecule has 0 unspecified atom stereocenters. The number of rotatable bonds is 5. The summed E-state index contributed by atoms with van der Waals surface area (Å²) in [5.41, 5.74) is 1.08. The zero-order valence-electron chi connectivity index (χ0n) is 12.8. The van der Waals surface area contributed by atoms with Crippen molar-refractivity contribution < 1.29 is 14.6 Å². The Balaban J connectivity index is 1.81. The van der Waals surface area contributed by atoms with Crippen molar-refractivity contribution in [2.75, 3.05) is 33.8 Å². The quantitative estimate of drug-likeness (QED) is 0.883. The van der Waals surface area contributed by atoms with Crippen LogP contribution in [0.4, 0.5) is 0 Å². The van der Waals surface area contributed by atoms with Gasteiger partial charge in [-0.1, -0.05) is 12.1 Å². The van der Waals surface area contributed by atoms with E-state index in [2.05, 4.69) is 4.90 Å². The summed E-state index contributed by atoms with van der Waals surface area (Å²) < 4.78 is 5.12. The van der Waals surface area contributed by atoms with Crippen molar-refractivity contribution in [1.29, 1.82) is 0 Å². The van der Waals surface area contributed by atoms with Crippen molar-refractivity contribution in [3.63, 3.8) is 0 Å². The molecule has 0 spiro atoms. The van der Waals surface area contributed by atoms with Gasteiger partial charge in [0.15, 0.2) is 0 Å². The van der Waals surface area contributed by atoms with E-state index < -0.39 is 0 Å². The zero-order valence-corrected chi connectivity index (χ0v) is 12.8. The van der Waals surface area contributed by atoms with Gasteiger partial charge in [0.1, 0.15) is 5.75 Å². The second-order valence-electron chi connectivity index (χ2n) is 5.61. The second kappa shape index (κ2) is 7.43. The van der Waals surface area contributed by atoms with Gasteiger partial charge in [-0.3, -0.25) is 9.69 Å². The monoisotopic (exact) mass is 292 g/mol. The minimum absolute atomic E-state index is 0.113. The van der Waals surface area contributed by atoms with Gasteiger partial charge in [-0.05, 0) is 30.5 Å². The number of hydrogen-bond donors (Lipinski definition) is 1. The van der Waals surface area contributed by atoms with Crippen molar-refractivity contribution >= 4 is 5.91 Å². The molecule has 0 atom stereocenters. The Morgan fingerprint density at radius 1 is 1.33 bits per heavy atom. The van der Waals surface area contributed by atoms with Crippen molar-refractivity contribution in [1.82, 2.24) is 9.80 Å². The van der Waals surface area contributed by atoms with Crippen LogP contribution < -0.4 is 4.74 Å². The van der Waals surface area contributed by atoms with Crippen LogP contribution in [0.2, 0.25) is 0 Å². The molecule has 1 saturated heterocycles. The molecule has 0 aliphatic carbocycles. The number of hydrogen-bond acceptors (Lipinski definition) is 4. The Kier molecular flexibility index (Phi) is 5.59. The van der Waals surface area contributed by atoms with Gasteiger partial charge in [0.25, 0.3) is 0 Å². The summed E-state index contributed by atoms with van der Waals surface area (Å²) in [5, 5.41) is 9.48. The largest absolute Gasteiger partial charge is 0.497 e. The van der Waals surface area contributed by atoms with E-state index in [0.29, 0.717) is 13.1 Å². The van der Waals surface area contributed by atoms with Crippen LogP contribution >= 0.6 is 0 Å². The molecule has 116 valence electrons. The topological polar surface area (TPSA) is 53.0 Å². The number of methoxy groups -OCH3 is 1. The van der Waals surface area contributed by atoms with Crippen molar-refractivity contribution in [2.24, 2.45) is 0 Å². The Morgan fingerprint density at radius 2 is 1.95 bits per heavy atom. The first-order valence-electron chi connectivity index (χ1n) is 7.36. The summed E-state index contributed by atoms with van der Waals surface area (Å²) in [4.78, 5) is 16.1. The van der Waals surface area contributed by atoms with Crippen LogP contribution in [-0.2, 0) is 11.3 Å². The van der Waals surface area contributed by atoms with E-state index in [1.807, 2.05) is 31.3 Å². The number of ether oxygens (including phenoxy) is 1.